The van der Waals surface area contributed by atoms with Gasteiger partial charge in [-0.1, -0.05) is 18.2 Å². The monoisotopic (exact) mass is 369 g/mol. The Morgan fingerprint density at radius 3 is 2.35 bits per heavy atom. The van der Waals surface area contributed by atoms with Crippen LogP contribution >= 0.6 is 0 Å². The Bertz CT molecular complexity index is 995. The van der Waals surface area contributed by atoms with E-state index in [2.05, 4.69) is 5.32 Å². The number of carbonyl (C=O) groups is 1. The molecular formula is C19H19N3O3S. The fourth-order valence-corrected chi connectivity index (χ4v) is 3.10. The molecule has 1 aromatic heterocycles. The van der Waals surface area contributed by atoms with Gasteiger partial charge in [0.05, 0.1) is 4.90 Å². The van der Waals surface area contributed by atoms with Gasteiger partial charge in [-0.3, -0.25) is 4.79 Å². The van der Waals surface area contributed by atoms with Crippen LogP contribution in [0.25, 0.3) is 5.69 Å². The molecule has 0 bridgehead atoms. The molecule has 0 unspecified atom stereocenters. The van der Waals surface area contributed by atoms with Crippen molar-refractivity contribution in [1.29, 1.82) is 0 Å². The molecular weight excluding hydrogens is 350 g/mol. The van der Waals surface area contributed by atoms with E-state index in [0.29, 0.717) is 18.5 Å². The number of benzene rings is 2. The van der Waals surface area contributed by atoms with Crippen molar-refractivity contribution in [2.45, 2.75) is 11.3 Å². The van der Waals surface area contributed by atoms with Crippen molar-refractivity contribution in [2.24, 2.45) is 5.14 Å². The summed E-state index contributed by atoms with van der Waals surface area (Å²) in [6.45, 7) is 0.446. The zero-order valence-electron chi connectivity index (χ0n) is 14.0. The van der Waals surface area contributed by atoms with Gasteiger partial charge in [0.25, 0.3) is 5.91 Å². The Hall–Kier alpha value is -2.90. The van der Waals surface area contributed by atoms with Crippen LogP contribution in [0.5, 0.6) is 0 Å². The lowest BCUT2D eigenvalue weighted by Gasteiger charge is -2.08. The van der Waals surface area contributed by atoms with Crippen LogP contribution in [0.1, 0.15) is 15.9 Å². The van der Waals surface area contributed by atoms with Crippen molar-refractivity contribution in [3.05, 3.63) is 84.2 Å². The van der Waals surface area contributed by atoms with Gasteiger partial charge in [0.2, 0.25) is 10.0 Å². The Morgan fingerprint density at radius 1 is 1.00 bits per heavy atom. The van der Waals surface area contributed by atoms with Crippen LogP contribution in [0.15, 0.2) is 78.0 Å². The minimum atomic E-state index is -3.68. The number of rotatable bonds is 6. The molecule has 0 fully saturated rings. The van der Waals surface area contributed by atoms with Gasteiger partial charge in [0, 0.05) is 30.2 Å². The summed E-state index contributed by atoms with van der Waals surface area (Å²) in [5, 5.41) is 7.95. The predicted molar refractivity (Wildman–Crippen MR) is 99.6 cm³/mol. The third-order valence-electron chi connectivity index (χ3n) is 3.96. The molecule has 0 aliphatic rings. The molecule has 3 N–H and O–H groups in total. The maximum absolute atomic E-state index is 12.3. The standard InChI is InChI=1S/C19H19N3O3S/c20-26(24,25)18-8-6-15(7-9-18)10-11-21-19(23)16-4-3-5-17(14-16)22-12-1-2-13-22/h1-9,12-14H,10-11H2,(H,21,23)(H2,20,24,25). The highest BCUT2D eigenvalue weighted by atomic mass is 32.2. The normalized spacial score (nSPS) is 11.3. The van der Waals surface area contributed by atoms with Crippen LogP contribution in [0.2, 0.25) is 0 Å². The quantitative estimate of drug-likeness (QED) is 0.697. The van der Waals surface area contributed by atoms with Crippen LogP contribution in [0.4, 0.5) is 0 Å². The Labute approximate surface area is 152 Å². The van der Waals surface area contributed by atoms with Crippen LogP contribution in [0, 0.1) is 0 Å². The van der Waals surface area contributed by atoms with Crippen LogP contribution in [-0.4, -0.2) is 25.4 Å². The molecule has 6 nitrogen and oxygen atoms in total. The summed E-state index contributed by atoms with van der Waals surface area (Å²) in [6.07, 6.45) is 4.43. The van der Waals surface area contributed by atoms with Crippen molar-refractivity contribution < 1.29 is 13.2 Å². The molecule has 0 spiro atoms. The van der Waals surface area contributed by atoms with Gasteiger partial charge in [-0.2, -0.15) is 0 Å². The van der Waals surface area contributed by atoms with Crippen molar-refractivity contribution in [3.8, 4) is 5.69 Å². The number of hydrogen-bond acceptors (Lipinski definition) is 3. The first-order chi connectivity index (χ1) is 12.4. The number of primary sulfonamides is 1. The third-order valence-corrected chi connectivity index (χ3v) is 4.89. The zero-order valence-corrected chi connectivity index (χ0v) is 14.8. The predicted octanol–water partition coefficient (Wildman–Crippen LogP) is 2.10. The second-order valence-electron chi connectivity index (χ2n) is 5.84. The van der Waals surface area contributed by atoms with Gasteiger partial charge in [-0.15, -0.1) is 0 Å². The summed E-state index contributed by atoms with van der Waals surface area (Å²) in [5.41, 5.74) is 2.42. The van der Waals surface area contributed by atoms with Crippen LogP contribution < -0.4 is 10.5 Å². The van der Waals surface area contributed by atoms with E-state index in [4.69, 9.17) is 5.14 Å². The fourth-order valence-electron chi connectivity index (χ4n) is 2.58. The molecule has 0 atom stereocenters. The maximum atomic E-state index is 12.3. The van der Waals surface area contributed by atoms with Crippen molar-refractivity contribution in [3.63, 3.8) is 0 Å². The lowest BCUT2D eigenvalue weighted by molar-refractivity contribution is 0.0954. The lowest BCUT2D eigenvalue weighted by atomic mass is 10.1. The van der Waals surface area contributed by atoms with Gasteiger partial charge in [0.1, 0.15) is 0 Å². The number of carbonyl (C=O) groups excluding carboxylic acids is 1. The molecule has 0 aliphatic heterocycles. The molecule has 1 amide bonds. The SMILES string of the molecule is NS(=O)(=O)c1ccc(CCNC(=O)c2cccc(-n3cccc3)c2)cc1. The molecule has 3 rings (SSSR count). The fraction of sp³-hybridized carbons (Fsp3) is 0.105. The van der Waals surface area contributed by atoms with Crippen molar-refractivity contribution in [2.75, 3.05) is 6.54 Å². The highest BCUT2D eigenvalue weighted by Crippen LogP contribution is 2.12. The first-order valence-corrected chi connectivity index (χ1v) is 9.61. The minimum Gasteiger partial charge on any atom is -0.352 e. The zero-order chi connectivity index (χ0) is 18.6. The van der Waals surface area contributed by atoms with Gasteiger partial charge in [0.15, 0.2) is 0 Å². The number of nitrogens with one attached hydrogen (secondary N) is 1. The van der Waals surface area contributed by atoms with Gasteiger partial charge in [-0.05, 0) is 54.4 Å². The summed E-state index contributed by atoms with van der Waals surface area (Å²) in [6, 6.07) is 17.5. The van der Waals surface area contributed by atoms with Crippen molar-refractivity contribution in [1.82, 2.24) is 9.88 Å². The van der Waals surface area contributed by atoms with E-state index < -0.39 is 10.0 Å². The van der Waals surface area contributed by atoms with E-state index in [1.807, 2.05) is 47.3 Å². The summed E-state index contributed by atoms with van der Waals surface area (Å²) < 4.78 is 24.4. The summed E-state index contributed by atoms with van der Waals surface area (Å²) in [4.78, 5) is 12.4. The number of hydrogen-bond donors (Lipinski definition) is 2. The number of nitrogens with zero attached hydrogens (tertiary/aromatic N) is 1. The van der Waals surface area contributed by atoms with Crippen molar-refractivity contribution >= 4 is 15.9 Å². The van der Waals surface area contributed by atoms with Crippen LogP contribution in [-0.2, 0) is 16.4 Å². The topological polar surface area (TPSA) is 94.2 Å². The van der Waals surface area contributed by atoms with E-state index in [-0.39, 0.29) is 10.8 Å². The average molecular weight is 369 g/mol. The Balaban J connectivity index is 1.58. The molecule has 0 aliphatic carbocycles. The largest absolute Gasteiger partial charge is 0.352 e. The summed E-state index contributed by atoms with van der Waals surface area (Å²) >= 11 is 0. The summed E-state index contributed by atoms with van der Waals surface area (Å²) in [7, 11) is -3.68. The molecule has 134 valence electrons. The third kappa shape index (κ3) is 4.38. The van der Waals surface area contributed by atoms with E-state index in [9.17, 15) is 13.2 Å². The van der Waals surface area contributed by atoms with Gasteiger partial charge >= 0.3 is 0 Å². The first kappa shape index (κ1) is 17.9. The number of amides is 1. The first-order valence-electron chi connectivity index (χ1n) is 8.07. The highest BCUT2D eigenvalue weighted by Gasteiger charge is 2.08. The lowest BCUT2D eigenvalue weighted by Crippen LogP contribution is -2.25. The highest BCUT2D eigenvalue weighted by molar-refractivity contribution is 7.89. The molecule has 1 heterocycles. The molecule has 0 saturated heterocycles. The smallest absolute Gasteiger partial charge is 0.251 e. The van der Waals surface area contributed by atoms with E-state index in [1.54, 1.807) is 18.2 Å². The Morgan fingerprint density at radius 2 is 1.69 bits per heavy atom. The molecule has 7 heteroatoms. The van der Waals surface area contributed by atoms with E-state index in [0.717, 1.165) is 11.3 Å². The minimum absolute atomic E-state index is 0.0760. The molecule has 2 aromatic carbocycles. The van der Waals surface area contributed by atoms with E-state index >= 15 is 0 Å². The second-order valence-corrected chi connectivity index (χ2v) is 7.40. The maximum Gasteiger partial charge on any atom is 0.251 e. The van der Waals surface area contributed by atoms with Gasteiger partial charge < -0.3 is 9.88 Å². The molecule has 0 saturated carbocycles. The Kier molecular flexibility index (Phi) is 5.20. The average Bonchev–Trinajstić information content (AvgIpc) is 3.16. The van der Waals surface area contributed by atoms with Gasteiger partial charge in [-0.25, -0.2) is 13.6 Å². The number of aromatic nitrogens is 1. The van der Waals surface area contributed by atoms with Crippen LogP contribution in [0.3, 0.4) is 0 Å². The second kappa shape index (κ2) is 7.55. The summed E-state index contributed by atoms with van der Waals surface area (Å²) in [5.74, 6) is -0.153. The molecule has 0 radical (unpaired) electrons. The number of sulfonamides is 1. The molecule has 3 aromatic rings. The molecule has 26 heavy (non-hydrogen) atoms. The van der Waals surface area contributed by atoms with E-state index in [1.165, 1.54) is 12.1 Å². The number of nitrogens with two attached hydrogens (primary N) is 1.